The Labute approximate surface area is 189 Å². The monoisotopic (exact) mass is 435 g/mol. The summed E-state index contributed by atoms with van der Waals surface area (Å²) in [7, 11) is 0. The maximum Gasteiger partial charge on any atom is 0.152 e. The van der Waals surface area contributed by atoms with Gasteiger partial charge in [0, 0.05) is 30.3 Å². The molecule has 0 spiro atoms. The van der Waals surface area contributed by atoms with Gasteiger partial charge in [0.2, 0.25) is 0 Å². The summed E-state index contributed by atoms with van der Waals surface area (Å²) in [5.74, 6) is 2.02. The zero-order valence-corrected chi connectivity index (χ0v) is 19.4. The van der Waals surface area contributed by atoms with Crippen LogP contribution in [0.1, 0.15) is 45.5 Å². The largest absolute Gasteiger partial charge is 0.489 e. The molecule has 0 unspecified atom stereocenters. The van der Waals surface area contributed by atoms with Crippen LogP contribution in [0.5, 0.6) is 5.75 Å². The summed E-state index contributed by atoms with van der Waals surface area (Å²) in [5, 5.41) is 0.999. The smallest absolute Gasteiger partial charge is 0.152 e. The molecule has 0 atom stereocenters. The first-order valence-electron chi connectivity index (χ1n) is 11.2. The lowest BCUT2D eigenvalue weighted by atomic mass is 10.1. The molecule has 32 heavy (non-hydrogen) atoms. The van der Waals surface area contributed by atoms with Gasteiger partial charge >= 0.3 is 0 Å². The average molecular weight is 436 g/mol. The first-order valence-corrected chi connectivity index (χ1v) is 11.2. The van der Waals surface area contributed by atoms with Crippen molar-refractivity contribution >= 4 is 33.4 Å². The topological polar surface area (TPSA) is 101 Å². The maximum absolute atomic E-state index is 6.28. The molecule has 0 radical (unpaired) electrons. The summed E-state index contributed by atoms with van der Waals surface area (Å²) in [6.45, 7) is 10.5. The first-order chi connectivity index (χ1) is 15.6. The quantitative estimate of drug-likeness (QED) is 0.364. The van der Waals surface area contributed by atoms with Crippen LogP contribution in [-0.2, 0) is 24.5 Å². The van der Waals surface area contributed by atoms with Crippen molar-refractivity contribution in [2.75, 3.05) is 18.1 Å². The minimum Gasteiger partial charge on any atom is -0.489 e. The Hall–Kier alpha value is -3.32. The van der Waals surface area contributed by atoms with Gasteiger partial charge in [0.25, 0.3) is 0 Å². The molecule has 0 fully saturated rings. The number of imidazole rings is 1. The lowest BCUT2D eigenvalue weighted by Gasteiger charge is -2.11. The predicted octanol–water partition coefficient (Wildman–Crippen LogP) is 5.30. The van der Waals surface area contributed by atoms with E-state index in [0.29, 0.717) is 25.6 Å². The van der Waals surface area contributed by atoms with Crippen LogP contribution in [-0.4, -0.2) is 21.1 Å². The van der Waals surface area contributed by atoms with Crippen LogP contribution in [0.2, 0.25) is 0 Å². The Bertz CT molecular complexity index is 1190. The van der Waals surface area contributed by atoms with Crippen LogP contribution in [0.3, 0.4) is 0 Å². The molecule has 0 aliphatic heterocycles. The highest BCUT2D eigenvalue weighted by atomic mass is 16.5. The van der Waals surface area contributed by atoms with E-state index in [4.69, 9.17) is 25.9 Å². The molecule has 4 N–H and O–H groups in total. The number of anilines is 2. The Balaban J connectivity index is 0.00000141. The van der Waals surface area contributed by atoms with Crippen LogP contribution >= 0.6 is 0 Å². The van der Waals surface area contributed by atoms with E-state index in [1.54, 1.807) is 0 Å². The molecule has 7 nitrogen and oxygen atoms in total. The maximum atomic E-state index is 6.28. The number of benzene rings is 2. The molecule has 4 aromatic rings. The Morgan fingerprint density at radius 3 is 2.50 bits per heavy atom. The number of aryl methyl sites for hydroxylation is 1. The predicted molar refractivity (Wildman–Crippen MR) is 132 cm³/mol. The normalized spacial score (nSPS) is 10.9. The van der Waals surface area contributed by atoms with Crippen molar-refractivity contribution in [1.29, 1.82) is 0 Å². The third-order valence-electron chi connectivity index (χ3n) is 4.99. The van der Waals surface area contributed by atoms with E-state index in [9.17, 15) is 0 Å². The number of rotatable bonds is 8. The van der Waals surface area contributed by atoms with Gasteiger partial charge in [0.05, 0.1) is 11.0 Å². The molecule has 0 saturated carbocycles. The van der Waals surface area contributed by atoms with Crippen molar-refractivity contribution in [3.05, 3.63) is 53.9 Å². The summed E-state index contributed by atoms with van der Waals surface area (Å²) in [6, 6.07) is 13.6. The van der Waals surface area contributed by atoms with Gasteiger partial charge in [0.1, 0.15) is 30.3 Å². The number of fused-ring (bicyclic) bond motifs is 3. The van der Waals surface area contributed by atoms with Gasteiger partial charge in [-0.3, -0.25) is 0 Å². The SMILES string of the molecule is CC.CCCn1c(COCC)nc2c(N)nc3cc(OCc4cccc(N)c4)ccc3c21. The lowest BCUT2D eigenvalue weighted by Crippen LogP contribution is -2.06. The van der Waals surface area contributed by atoms with E-state index in [0.717, 1.165) is 57.7 Å². The van der Waals surface area contributed by atoms with E-state index in [1.165, 1.54) is 0 Å². The molecule has 2 aromatic carbocycles. The highest BCUT2D eigenvalue weighted by Gasteiger charge is 2.17. The van der Waals surface area contributed by atoms with Crippen molar-refractivity contribution in [1.82, 2.24) is 14.5 Å². The van der Waals surface area contributed by atoms with E-state index in [-0.39, 0.29) is 0 Å². The number of nitrogen functional groups attached to an aromatic ring is 2. The van der Waals surface area contributed by atoms with Crippen molar-refractivity contribution in [3.63, 3.8) is 0 Å². The molecule has 2 heterocycles. The van der Waals surface area contributed by atoms with Gasteiger partial charge < -0.3 is 25.5 Å². The standard InChI is InChI=1S/C23H27N5O2.C2H6/c1-3-10-28-20(14-29-4-2)27-21-22(28)18-9-8-17(12-19(18)26-23(21)25)30-13-15-6-5-7-16(24)11-15;1-2/h5-9,11-12H,3-4,10,13-14,24H2,1-2H3,(H2,25,26);1-2H3. The lowest BCUT2D eigenvalue weighted by molar-refractivity contribution is 0.126. The van der Waals surface area contributed by atoms with E-state index < -0.39 is 0 Å². The van der Waals surface area contributed by atoms with Gasteiger partial charge in [-0.15, -0.1) is 0 Å². The second-order valence-corrected chi connectivity index (χ2v) is 7.22. The zero-order valence-electron chi connectivity index (χ0n) is 19.4. The molecular formula is C25H33N5O2. The van der Waals surface area contributed by atoms with Crippen LogP contribution in [0.4, 0.5) is 11.5 Å². The third-order valence-corrected chi connectivity index (χ3v) is 4.99. The van der Waals surface area contributed by atoms with Gasteiger partial charge in [-0.25, -0.2) is 9.97 Å². The zero-order chi connectivity index (χ0) is 23.1. The number of pyridine rings is 1. The molecule has 0 saturated heterocycles. The minimum absolute atomic E-state index is 0.415. The van der Waals surface area contributed by atoms with Crippen molar-refractivity contribution in [2.45, 2.75) is 53.9 Å². The van der Waals surface area contributed by atoms with Crippen molar-refractivity contribution in [3.8, 4) is 5.75 Å². The Morgan fingerprint density at radius 1 is 0.969 bits per heavy atom. The fourth-order valence-corrected chi connectivity index (χ4v) is 3.65. The summed E-state index contributed by atoms with van der Waals surface area (Å²) >= 11 is 0. The molecule has 0 aliphatic carbocycles. The molecule has 2 aromatic heterocycles. The Kier molecular flexibility index (Phi) is 7.89. The number of nitrogens with zero attached hydrogens (tertiary/aromatic N) is 3. The fraction of sp³-hybridized carbons (Fsp3) is 0.360. The summed E-state index contributed by atoms with van der Waals surface area (Å²) in [5.41, 5.74) is 16.4. The summed E-state index contributed by atoms with van der Waals surface area (Å²) in [4.78, 5) is 9.32. The molecule has 7 heteroatoms. The molecule has 0 bridgehead atoms. The van der Waals surface area contributed by atoms with Crippen LogP contribution in [0.15, 0.2) is 42.5 Å². The van der Waals surface area contributed by atoms with E-state index in [2.05, 4.69) is 16.5 Å². The van der Waals surface area contributed by atoms with E-state index >= 15 is 0 Å². The van der Waals surface area contributed by atoms with Crippen molar-refractivity contribution < 1.29 is 9.47 Å². The number of ether oxygens (including phenoxy) is 2. The number of nitrogens with two attached hydrogens (primary N) is 2. The molecule has 0 aliphatic rings. The molecule has 4 rings (SSSR count). The molecule has 170 valence electrons. The highest BCUT2D eigenvalue weighted by Crippen LogP contribution is 2.31. The molecular weight excluding hydrogens is 402 g/mol. The fourth-order valence-electron chi connectivity index (χ4n) is 3.65. The summed E-state index contributed by atoms with van der Waals surface area (Å²) < 4.78 is 13.8. The Morgan fingerprint density at radius 2 is 1.78 bits per heavy atom. The van der Waals surface area contributed by atoms with Gasteiger partial charge in [-0.05, 0) is 43.2 Å². The number of aromatic nitrogens is 3. The van der Waals surface area contributed by atoms with Crippen LogP contribution in [0, 0.1) is 0 Å². The van der Waals surface area contributed by atoms with Crippen molar-refractivity contribution in [2.24, 2.45) is 0 Å². The highest BCUT2D eigenvalue weighted by molar-refractivity contribution is 6.06. The van der Waals surface area contributed by atoms with E-state index in [1.807, 2.05) is 63.2 Å². The van der Waals surface area contributed by atoms with Crippen LogP contribution < -0.4 is 16.2 Å². The summed E-state index contributed by atoms with van der Waals surface area (Å²) in [6.07, 6.45) is 0.982. The van der Waals surface area contributed by atoms with Gasteiger partial charge in [-0.1, -0.05) is 32.9 Å². The van der Waals surface area contributed by atoms with Crippen LogP contribution in [0.25, 0.3) is 21.9 Å². The first kappa shape index (κ1) is 23.3. The third kappa shape index (κ3) is 4.94. The number of hydrogen-bond donors (Lipinski definition) is 2. The van der Waals surface area contributed by atoms with Gasteiger partial charge in [-0.2, -0.15) is 0 Å². The minimum atomic E-state index is 0.415. The van der Waals surface area contributed by atoms with Gasteiger partial charge in [0.15, 0.2) is 5.82 Å². The second kappa shape index (κ2) is 10.8. The number of hydrogen-bond acceptors (Lipinski definition) is 6. The average Bonchev–Trinajstić information content (AvgIpc) is 3.17. The second-order valence-electron chi connectivity index (χ2n) is 7.22. The molecule has 0 amide bonds.